The third-order valence-corrected chi connectivity index (χ3v) is 2.95. The molecule has 5 nitrogen and oxygen atoms in total. The third kappa shape index (κ3) is 4.10. The molecule has 0 bridgehead atoms. The minimum Gasteiger partial charge on any atom is -0.395 e. The molecule has 1 unspecified atom stereocenters. The molecule has 0 radical (unpaired) electrons. The highest BCUT2D eigenvalue weighted by molar-refractivity contribution is 5.94. The summed E-state index contributed by atoms with van der Waals surface area (Å²) < 4.78 is 0. The Morgan fingerprint density at radius 2 is 2.06 bits per heavy atom. The van der Waals surface area contributed by atoms with Gasteiger partial charge in [0.15, 0.2) is 0 Å². The summed E-state index contributed by atoms with van der Waals surface area (Å²) >= 11 is 0. The van der Waals surface area contributed by atoms with Crippen molar-refractivity contribution in [2.45, 2.75) is 19.5 Å². The average molecular weight is 251 g/mol. The quantitative estimate of drug-likeness (QED) is 0.683. The van der Waals surface area contributed by atoms with Crippen LogP contribution in [0.5, 0.6) is 0 Å². The SMILES string of the molecule is CC(C(=O)Nc1ccc(CN)cc1)N(C)CCO. The molecule has 1 atom stereocenters. The van der Waals surface area contributed by atoms with Gasteiger partial charge in [-0.25, -0.2) is 0 Å². The second kappa shape index (κ2) is 7.10. The lowest BCUT2D eigenvalue weighted by molar-refractivity contribution is -0.120. The summed E-state index contributed by atoms with van der Waals surface area (Å²) in [5.41, 5.74) is 7.28. The first-order valence-electron chi connectivity index (χ1n) is 5.99. The van der Waals surface area contributed by atoms with E-state index in [-0.39, 0.29) is 18.6 Å². The highest BCUT2D eigenvalue weighted by Crippen LogP contribution is 2.10. The van der Waals surface area contributed by atoms with Crippen molar-refractivity contribution in [1.29, 1.82) is 0 Å². The standard InChI is InChI=1S/C13H21N3O2/c1-10(16(2)7-8-17)13(18)15-12-5-3-11(9-14)4-6-12/h3-6,10,17H,7-9,14H2,1-2H3,(H,15,18). The number of nitrogens with zero attached hydrogens (tertiary/aromatic N) is 1. The first kappa shape index (κ1) is 14.6. The molecule has 0 aliphatic carbocycles. The number of nitrogens with one attached hydrogen (secondary N) is 1. The van der Waals surface area contributed by atoms with Crippen LogP contribution in [0.25, 0.3) is 0 Å². The molecule has 1 amide bonds. The van der Waals surface area contributed by atoms with Crippen molar-refractivity contribution in [3.8, 4) is 0 Å². The van der Waals surface area contributed by atoms with E-state index < -0.39 is 0 Å². The van der Waals surface area contributed by atoms with Gasteiger partial charge in [0, 0.05) is 18.8 Å². The lowest BCUT2D eigenvalue weighted by atomic mass is 10.2. The molecule has 5 heteroatoms. The predicted octanol–water partition coefficient (Wildman–Crippen LogP) is 0.396. The van der Waals surface area contributed by atoms with E-state index in [0.29, 0.717) is 13.1 Å². The number of anilines is 1. The van der Waals surface area contributed by atoms with Crippen LogP contribution in [0.2, 0.25) is 0 Å². The van der Waals surface area contributed by atoms with Gasteiger partial charge in [0.25, 0.3) is 0 Å². The van der Waals surface area contributed by atoms with E-state index in [1.807, 2.05) is 24.3 Å². The number of aliphatic hydroxyl groups is 1. The van der Waals surface area contributed by atoms with E-state index in [9.17, 15) is 4.79 Å². The number of rotatable bonds is 6. The summed E-state index contributed by atoms with van der Waals surface area (Å²) in [7, 11) is 1.80. The zero-order valence-electron chi connectivity index (χ0n) is 10.9. The second-order valence-electron chi connectivity index (χ2n) is 4.27. The number of hydrogen-bond donors (Lipinski definition) is 3. The monoisotopic (exact) mass is 251 g/mol. The molecule has 0 saturated carbocycles. The van der Waals surface area contributed by atoms with Crippen LogP contribution in [0.1, 0.15) is 12.5 Å². The Bertz CT molecular complexity index is 378. The molecule has 100 valence electrons. The van der Waals surface area contributed by atoms with Crippen molar-refractivity contribution >= 4 is 11.6 Å². The van der Waals surface area contributed by atoms with Crippen LogP contribution in [-0.4, -0.2) is 42.2 Å². The summed E-state index contributed by atoms with van der Waals surface area (Å²) in [5.74, 6) is -0.0913. The van der Waals surface area contributed by atoms with E-state index in [2.05, 4.69) is 5.32 Å². The van der Waals surface area contributed by atoms with Crippen LogP contribution in [-0.2, 0) is 11.3 Å². The number of likely N-dealkylation sites (N-methyl/N-ethyl adjacent to an activating group) is 1. The molecule has 0 fully saturated rings. The van der Waals surface area contributed by atoms with Gasteiger partial charge >= 0.3 is 0 Å². The Morgan fingerprint density at radius 3 is 2.56 bits per heavy atom. The smallest absolute Gasteiger partial charge is 0.241 e. The summed E-state index contributed by atoms with van der Waals surface area (Å²) in [6.07, 6.45) is 0. The van der Waals surface area contributed by atoms with E-state index in [1.165, 1.54) is 0 Å². The van der Waals surface area contributed by atoms with Gasteiger partial charge in [-0.1, -0.05) is 12.1 Å². The third-order valence-electron chi connectivity index (χ3n) is 2.95. The van der Waals surface area contributed by atoms with Gasteiger partial charge in [0.1, 0.15) is 0 Å². The molecule has 0 heterocycles. The van der Waals surface area contributed by atoms with Crippen molar-refractivity contribution < 1.29 is 9.90 Å². The second-order valence-corrected chi connectivity index (χ2v) is 4.27. The van der Waals surface area contributed by atoms with Gasteiger partial charge < -0.3 is 16.2 Å². The van der Waals surface area contributed by atoms with E-state index in [1.54, 1.807) is 18.9 Å². The number of carbonyl (C=O) groups excluding carboxylic acids is 1. The zero-order chi connectivity index (χ0) is 13.5. The Hall–Kier alpha value is -1.43. The van der Waals surface area contributed by atoms with Gasteiger partial charge in [0.2, 0.25) is 5.91 Å². The Kier molecular flexibility index (Phi) is 5.77. The van der Waals surface area contributed by atoms with Crippen molar-refractivity contribution in [3.63, 3.8) is 0 Å². The van der Waals surface area contributed by atoms with Crippen LogP contribution >= 0.6 is 0 Å². The van der Waals surface area contributed by atoms with E-state index >= 15 is 0 Å². The summed E-state index contributed by atoms with van der Waals surface area (Å²) in [5, 5.41) is 11.7. The van der Waals surface area contributed by atoms with Crippen LogP contribution < -0.4 is 11.1 Å². The first-order valence-corrected chi connectivity index (χ1v) is 5.99. The lowest BCUT2D eigenvalue weighted by Crippen LogP contribution is -2.40. The average Bonchev–Trinajstić information content (AvgIpc) is 2.39. The Morgan fingerprint density at radius 1 is 1.44 bits per heavy atom. The van der Waals surface area contributed by atoms with Crippen molar-refractivity contribution in [1.82, 2.24) is 4.90 Å². The highest BCUT2D eigenvalue weighted by atomic mass is 16.3. The van der Waals surface area contributed by atoms with E-state index in [4.69, 9.17) is 10.8 Å². The van der Waals surface area contributed by atoms with Gasteiger partial charge in [-0.05, 0) is 31.7 Å². The fourth-order valence-corrected chi connectivity index (χ4v) is 1.52. The zero-order valence-corrected chi connectivity index (χ0v) is 10.9. The highest BCUT2D eigenvalue weighted by Gasteiger charge is 2.17. The molecule has 0 aliphatic heterocycles. The van der Waals surface area contributed by atoms with Gasteiger partial charge in [-0.15, -0.1) is 0 Å². The Labute approximate surface area is 108 Å². The summed E-state index contributed by atoms with van der Waals surface area (Å²) in [6, 6.07) is 7.15. The molecule has 4 N–H and O–H groups in total. The number of benzene rings is 1. The molecule has 18 heavy (non-hydrogen) atoms. The maximum Gasteiger partial charge on any atom is 0.241 e. The number of hydrogen-bond acceptors (Lipinski definition) is 4. The predicted molar refractivity (Wildman–Crippen MR) is 72.1 cm³/mol. The molecule has 0 aromatic heterocycles. The maximum absolute atomic E-state index is 11.9. The molecular formula is C13H21N3O2. The number of amides is 1. The maximum atomic E-state index is 11.9. The lowest BCUT2D eigenvalue weighted by Gasteiger charge is -2.22. The van der Waals surface area contributed by atoms with Crippen LogP contribution in [0.15, 0.2) is 24.3 Å². The molecule has 1 rings (SSSR count). The van der Waals surface area contributed by atoms with Gasteiger partial charge in [-0.2, -0.15) is 0 Å². The molecule has 0 spiro atoms. The topological polar surface area (TPSA) is 78.6 Å². The number of nitrogens with two attached hydrogens (primary N) is 1. The fraction of sp³-hybridized carbons (Fsp3) is 0.462. The minimum atomic E-state index is -0.286. The van der Waals surface area contributed by atoms with Crippen molar-refractivity contribution in [2.24, 2.45) is 5.73 Å². The molecule has 0 saturated heterocycles. The molecule has 0 aliphatic rings. The van der Waals surface area contributed by atoms with Crippen molar-refractivity contribution in [3.05, 3.63) is 29.8 Å². The normalized spacial score (nSPS) is 12.5. The largest absolute Gasteiger partial charge is 0.395 e. The van der Waals surface area contributed by atoms with Gasteiger partial charge in [0.05, 0.1) is 12.6 Å². The first-order chi connectivity index (χ1) is 8.58. The molecule has 1 aromatic carbocycles. The van der Waals surface area contributed by atoms with Gasteiger partial charge in [-0.3, -0.25) is 9.69 Å². The van der Waals surface area contributed by atoms with Crippen molar-refractivity contribution in [2.75, 3.05) is 25.5 Å². The Balaban J connectivity index is 2.57. The minimum absolute atomic E-state index is 0.0410. The van der Waals surface area contributed by atoms with Crippen LogP contribution in [0, 0.1) is 0 Å². The number of carbonyl (C=O) groups is 1. The summed E-state index contributed by atoms with van der Waals surface area (Å²) in [4.78, 5) is 13.7. The van der Waals surface area contributed by atoms with Crippen LogP contribution in [0.3, 0.4) is 0 Å². The van der Waals surface area contributed by atoms with Crippen LogP contribution in [0.4, 0.5) is 5.69 Å². The van der Waals surface area contributed by atoms with E-state index in [0.717, 1.165) is 11.3 Å². The molecule has 1 aromatic rings. The number of aliphatic hydroxyl groups excluding tert-OH is 1. The fourth-order valence-electron chi connectivity index (χ4n) is 1.52. The summed E-state index contributed by atoms with van der Waals surface area (Å²) in [6.45, 7) is 2.81. The molecular weight excluding hydrogens is 230 g/mol.